The Labute approximate surface area is 117 Å². The molecule has 0 saturated carbocycles. The highest BCUT2D eigenvalue weighted by molar-refractivity contribution is 6.14. The molecule has 1 unspecified atom stereocenters. The number of aliphatic imine (C=N–C) groups is 1. The standard InChI is InChI=1S/C16H17NO3/c1-10-7-15(19)14(16(20)8-10)9-17-13-5-3-12(4-6-13)11(2)18/h3-6,9-10,19H,7-8H2,1-2H3. The average Bonchev–Trinajstić information content (AvgIpc) is 2.38. The summed E-state index contributed by atoms with van der Waals surface area (Å²) < 4.78 is 0. The molecule has 0 spiro atoms. The van der Waals surface area contributed by atoms with Crippen LogP contribution in [0.2, 0.25) is 0 Å². The molecule has 0 heterocycles. The molecule has 104 valence electrons. The third kappa shape index (κ3) is 3.20. The number of allylic oxidation sites excluding steroid dienone is 2. The van der Waals surface area contributed by atoms with Crippen LogP contribution in [0.25, 0.3) is 0 Å². The molecule has 0 saturated heterocycles. The van der Waals surface area contributed by atoms with E-state index in [0.717, 1.165) is 0 Å². The van der Waals surface area contributed by atoms with Gasteiger partial charge in [-0.05, 0) is 37.1 Å². The topological polar surface area (TPSA) is 66.7 Å². The van der Waals surface area contributed by atoms with Crippen LogP contribution in [0.3, 0.4) is 0 Å². The summed E-state index contributed by atoms with van der Waals surface area (Å²) in [7, 11) is 0. The highest BCUT2D eigenvalue weighted by Crippen LogP contribution is 2.24. The first-order valence-corrected chi connectivity index (χ1v) is 6.57. The maximum atomic E-state index is 11.8. The van der Waals surface area contributed by atoms with Crippen LogP contribution in [0, 0.1) is 5.92 Å². The Hall–Kier alpha value is -2.23. The predicted molar refractivity (Wildman–Crippen MR) is 77.7 cm³/mol. The summed E-state index contributed by atoms with van der Waals surface area (Å²) in [6.45, 7) is 3.44. The van der Waals surface area contributed by atoms with Crippen molar-refractivity contribution in [2.24, 2.45) is 10.9 Å². The van der Waals surface area contributed by atoms with Crippen LogP contribution < -0.4 is 0 Å². The van der Waals surface area contributed by atoms with E-state index >= 15 is 0 Å². The van der Waals surface area contributed by atoms with Crippen molar-refractivity contribution in [2.45, 2.75) is 26.7 Å². The van der Waals surface area contributed by atoms with E-state index in [1.54, 1.807) is 24.3 Å². The summed E-state index contributed by atoms with van der Waals surface area (Å²) in [5.74, 6) is 0.204. The molecule has 4 heteroatoms. The summed E-state index contributed by atoms with van der Waals surface area (Å²) in [5, 5.41) is 9.83. The number of aliphatic hydroxyl groups is 1. The quantitative estimate of drug-likeness (QED) is 0.676. The predicted octanol–water partition coefficient (Wildman–Crippen LogP) is 3.40. The number of rotatable bonds is 3. The van der Waals surface area contributed by atoms with Crippen molar-refractivity contribution in [3.63, 3.8) is 0 Å². The monoisotopic (exact) mass is 271 g/mol. The molecule has 0 radical (unpaired) electrons. The first-order chi connectivity index (χ1) is 9.47. The highest BCUT2D eigenvalue weighted by atomic mass is 16.3. The molecule has 1 aliphatic carbocycles. The minimum atomic E-state index is -0.0784. The van der Waals surface area contributed by atoms with Gasteiger partial charge in [-0.1, -0.05) is 6.92 Å². The molecule has 1 aliphatic rings. The van der Waals surface area contributed by atoms with Crippen LogP contribution in [0.4, 0.5) is 5.69 Å². The minimum Gasteiger partial charge on any atom is -0.511 e. The maximum absolute atomic E-state index is 11.8. The summed E-state index contributed by atoms with van der Waals surface area (Å²) in [5.41, 5.74) is 1.55. The first kappa shape index (κ1) is 14.2. The summed E-state index contributed by atoms with van der Waals surface area (Å²) >= 11 is 0. The van der Waals surface area contributed by atoms with Crippen molar-refractivity contribution in [3.8, 4) is 0 Å². The second-order valence-electron chi connectivity index (χ2n) is 5.16. The van der Waals surface area contributed by atoms with Crippen LogP contribution in [0.1, 0.15) is 37.0 Å². The van der Waals surface area contributed by atoms with Gasteiger partial charge in [-0.15, -0.1) is 0 Å². The van der Waals surface area contributed by atoms with E-state index in [9.17, 15) is 14.7 Å². The Morgan fingerprint density at radius 1 is 1.30 bits per heavy atom. The average molecular weight is 271 g/mol. The fourth-order valence-corrected chi connectivity index (χ4v) is 2.17. The summed E-state index contributed by atoms with van der Waals surface area (Å²) in [6.07, 6.45) is 2.36. The van der Waals surface area contributed by atoms with E-state index in [4.69, 9.17) is 0 Å². The van der Waals surface area contributed by atoms with Gasteiger partial charge in [0.2, 0.25) is 0 Å². The SMILES string of the molecule is CC(=O)c1ccc(N=CC2=C(O)CC(C)CC2=O)cc1. The zero-order valence-corrected chi connectivity index (χ0v) is 11.6. The van der Waals surface area contributed by atoms with Crippen LogP contribution >= 0.6 is 0 Å². The Kier molecular flexibility index (Phi) is 4.13. The molecule has 2 rings (SSSR count). The van der Waals surface area contributed by atoms with E-state index in [1.807, 2.05) is 6.92 Å². The van der Waals surface area contributed by atoms with Gasteiger partial charge in [0.1, 0.15) is 5.76 Å². The highest BCUT2D eigenvalue weighted by Gasteiger charge is 2.23. The molecule has 20 heavy (non-hydrogen) atoms. The maximum Gasteiger partial charge on any atom is 0.168 e. The van der Waals surface area contributed by atoms with Gasteiger partial charge in [-0.3, -0.25) is 14.6 Å². The molecule has 1 atom stereocenters. The van der Waals surface area contributed by atoms with Crippen molar-refractivity contribution in [1.29, 1.82) is 0 Å². The van der Waals surface area contributed by atoms with Gasteiger partial charge >= 0.3 is 0 Å². The molecule has 0 fully saturated rings. The molecule has 0 aliphatic heterocycles. The molecule has 0 amide bonds. The lowest BCUT2D eigenvalue weighted by atomic mass is 9.89. The van der Waals surface area contributed by atoms with Crippen LogP contribution in [0.5, 0.6) is 0 Å². The smallest absolute Gasteiger partial charge is 0.168 e. The van der Waals surface area contributed by atoms with Crippen LogP contribution in [-0.2, 0) is 4.79 Å². The molecule has 0 bridgehead atoms. The molecular formula is C16H17NO3. The van der Waals surface area contributed by atoms with Gasteiger partial charge in [0, 0.05) is 24.6 Å². The number of carbonyl (C=O) groups is 2. The van der Waals surface area contributed by atoms with Gasteiger partial charge in [0.15, 0.2) is 11.6 Å². The molecular weight excluding hydrogens is 254 g/mol. The number of carbonyl (C=O) groups excluding carboxylic acids is 2. The second kappa shape index (κ2) is 5.82. The van der Waals surface area contributed by atoms with E-state index < -0.39 is 0 Å². The number of ketones is 2. The number of nitrogens with zero attached hydrogens (tertiary/aromatic N) is 1. The zero-order chi connectivity index (χ0) is 14.7. The molecule has 1 aromatic rings. The lowest BCUT2D eigenvalue weighted by Gasteiger charge is -2.17. The number of benzene rings is 1. The van der Waals surface area contributed by atoms with E-state index in [0.29, 0.717) is 29.7 Å². The van der Waals surface area contributed by atoms with E-state index in [2.05, 4.69) is 4.99 Å². The third-order valence-corrected chi connectivity index (χ3v) is 3.30. The van der Waals surface area contributed by atoms with Crippen molar-refractivity contribution >= 4 is 23.5 Å². The largest absolute Gasteiger partial charge is 0.511 e. The first-order valence-electron chi connectivity index (χ1n) is 6.57. The van der Waals surface area contributed by atoms with Crippen LogP contribution in [-0.4, -0.2) is 22.9 Å². The summed E-state index contributed by atoms with van der Waals surface area (Å²) in [6, 6.07) is 6.80. The number of aliphatic hydroxyl groups excluding tert-OH is 1. The van der Waals surface area contributed by atoms with Crippen LogP contribution in [0.15, 0.2) is 40.6 Å². The third-order valence-electron chi connectivity index (χ3n) is 3.30. The van der Waals surface area contributed by atoms with Gasteiger partial charge < -0.3 is 5.11 Å². The van der Waals surface area contributed by atoms with E-state index in [1.165, 1.54) is 13.1 Å². The Morgan fingerprint density at radius 3 is 2.50 bits per heavy atom. The second-order valence-corrected chi connectivity index (χ2v) is 5.16. The van der Waals surface area contributed by atoms with Gasteiger partial charge in [-0.2, -0.15) is 0 Å². The van der Waals surface area contributed by atoms with Gasteiger partial charge in [0.25, 0.3) is 0 Å². The minimum absolute atomic E-state index is 0.00247. The fraction of sp³-hybridized carbons (Fsp3) is 0.312. The van der Waals surface area contributed by atoms with E-state index in [-0.39, 0.29) is 23.2 Å². The molecule has 0 aromatic heterocycles. The fourth-order valence-electron chi connectivity index (χ4n) is 2.17. The summed E-state index contributed by atoms with van der Waals surface area (Å²) in [4.78, 5) is 27.2. The van der Waals surface area contributed by atoms with Crippen molar-refractivity contribution in [2.75, 3.05) is 0 Å². The molecule has 1 N–H and O–H groups in total. The number of Topliss-reactive ketones (excluding diaryl/α,β-unsaturated/α-hetero) is 2. The van der Waals surface area contributed by atoms with Gasteiger partial charge in [0.05, 0.1) is 11.3 Å². The lowest BCUT2D eigenvalue weighted by molar-refractivity contribution is -0.116. The zero-order valence-electron chi connectivity index (χ0n) is 11.6. The lowest BCUT2D eigenvalue weighted by Crippen LogP contribution is -2.18. The van der Waals surface area contributed by atoms with Crippen molar-refractivity contribution in [3.05, 3.63) is 41.2 Å². The van der Waals surface area contributed by atoms with Crippen molar-refractivity contribution < 1.29 is 14.7 Å². The Bertz CT molecular complexity index is 597. The normalized spacial score (nSPS) is 19.7. The number of hydrogen-bond acceptors (Lipinski definition) is 4. The number of hydrogen-bond donors (Lipinski definition) is 1. The Balaban J connectivity index is 2.18. The van der Waals surface area contributed by atoms with Crippen molar-refractivity contribution in [1.82, 2.24) is 0 Å². The molecule has 4 nitrogen and oxygen atoms in total. The Morgan fingerprint density at radius 2 is 1.95 bits per heavy atom. The molecule has 1 aromatic carbocycles. The van der Waals surface area contributed by atoms with Gasteiger partial charge in [-0.25, -0.2) is 0 Å².